The van der Waals surface area contributed by atoms with Crippen molar-refractivity contribution in [2.45, 2.75) is 69.2 Å². The van der Waals surface area contributed by atoms with Crippen molar-refractivity contribution in [3.05, 3.63) is 42.4 Å². The third kappa shape index (κ3) is 4.22. The Labute approximate surface area is 211 Å². The van der Waals surface area contributed by atoms with Crippen LogP contribution in [0.15, 0.2) is 36.8 Å². The average molecular weight is 495 g/mol. The Bertz CT molecular complexity index is 1280. The van der Waals surface area contributed by atoms with E-state index in [0.29, 0.717) is 28.9 Å². The summed E-state index contributed by atoms with van der Waals surface area (Å²) in [6.45, 7) is 3.54. The van der Waals surface area contributed by atoms with Crippen molar-refractivity contribution < 1.29 is 9.84 Å². The Morgan fingerprint density at radius 1 is 1.23 bits per heavy atom. The zero-order valence-corrected chi connectivity index (χ0v) is 20.8. The molecule has 2 saturated heterocycles. The van der Waals surface area contributed by atoms with Gasteiger partial charge in [0.15, 0.2) is 0 Å². The molecule has 0 aromatic carbocycles. The average Bonchev–Trinajstić information content (AvgIpc) is 3.19. The molecule has 9 heteroatoms. The molecule has 35 heavy (non-hydrogen) atoms. The maximum absolute atomic E-state index is 10.1. The lowest BCUT2D eigenvalue weighted by molar-refractivity contribution is 0.0283. The molecular formula is C26H31ClN6O2. The number of pyridine rings is 2. The fourth-order valence-corrected chi connectivity index (χ4v) is 6.49. The minimum Gasteiger partial charge on any atom is -0.489 e. The van der Waals surface area contributed by atoms with Crippen LogP contribution in [0, 0.1) is 17.2 Å². The SMILES string of the molecule is CC(C)(O)COc1cc(-c2ccc(N3C4CC5CC3CC(N)(C5)C4)nc2)c2c(C#N)cnn2c1.Cl. The van der Waals surface area contributed by atoms with Gasteiger partial charge >= 0.3 is 0 Å². The van der Waals surface area contributed by atoms with Crippen molar-refractivity contribution in [1.29, 1.82) is 5.26 Å². The smallest absolute Gasteiger partial charge is 0.138 e. The van der Waals surface area contributed by atoms with Crippen LogP contribution in [0.4, 0.5) is 5.82 Å². The van der Waals surface area contributed by atoms with Crippen LogP contribution in [0.5, 0.6) is 5.75 Å². The Morgan fingerprint density at radius 2 is 1.97 bits per heavy atom. The van der Waals surface area contributed by atoms with Crippen LogP contribution in [0.25, 0.3) is 16.6 Å². The first-order chi connectivity index (χ1) is 16.2. The monoisotopic (exact) mass is 494 g/mol. The molecule has 3 aromatic heterocycles. The highest BCUT2D eigenvalue weighted by atomic mass is 35.5. The van der Waals surface area contributed by atoms with Gasteiger partial charge in [0.2, 0.25) is 0 Å². The number of halogens is 1. The summed E-state index contributed by atoms with van der Waals surface area (Å²) in [4.78, 5) is 7.38. The zero-order chi connectivity index (χ0) is 23.7. The second kappa shape index (κ2) is 8.37. The van der Waals surface area contributed by atoms with Crippen LogP contribution >= 0.6 is 12.4 Å². The van der Waals surface area contributed by atoms with E-state index in [1.54, 1.807) is 30.8 Å². The number of hydrogen-bond acceptors (Lipinski definition) is 7. The second-order valence-corrected chi connectivity index (χ2v) is 11.1. The van der Waals surface area contributed by atoms with E-state index in [-0.39, 0.29) is 24.6 Å². The number of aliphatic hydroxyl groups is 1. The summed E-state index contributed by atoms with van der Waals surface area (Å²) in [6.07, 6.45) is 10.9. The van der Waals surface area contributed by atoms with Crippen LogP contribution in [0.3, 0.4) is 0 Å². The van der Waals surface area contributed by atoms with E-state index in [1.807, 2.05) is 12.3 Å². The Balaban J connectivity index is 0.00000253. The lowest BCUT2D eigenvalue weighted by atomic mass is 9.60. The van der Waals surface area contributed by atoms with Crippen LogP contribution in [0.2, 0.25) is 0 Å². The quantitative estimate of drug-likeness (QED) is 0.556. The van der Waals surface area contributed by atoms with Gasteiger partial charge in [-0.05, 0) is 70.1 Å². The Kier molecular flexibility index (Phi) is 5.71. The molecule has 7 rings (SSSR count). The van der Waals surface area contributed by atoms with Gasteiger partial charge in [-0.25, -0.2) is 9.50 Å². The highest BCUT2D eigenvalue weighted by Gasteiger charge is 2.53. The number of nitrogens with two attached hydrogens (primary N) is 1. The van der Waals surface area contributed by atoms with Crippen molar-refractivity contribution in [2.75, 3.05) is 11.5 Å². The second-order valence-electron chi connectivity index (χ2n) is 11.1. The molecule has 0 spiro atoms. The van der Waals surface area contributed by atoms with Gasteiger partial charge in [-0.1, -0.05) is 0 Å². The third-order valence-corrected chi connectivity index (χ3v) is 7.60. The zero-order valence-electron chi connectivity index (χ0n) is 20.0. The van der Waals surface area contributed by atoms with Crippen molar-refractivity contribution in [1.82, 2.24) is 14.6 Å². The van der Waals surface area contributed by atoms with Crippen LogP contribution in [-0.4, -0.2) is 49.5 Å². The molecule has 4 fully saturated rings. The number of nitriles is 1. The number of ether oxygens (including phenoxy) is 1. The highest BCUT2D eigenvalue weighted by molar-refractivity contribution is 5.85. The fraction of sp³-hybridized carbons (Fsp3) is 0.500. The third-order valence-electron chi connectivity index (χ3n) is 7.60. The largest absolute Gasteiger partial charge is 0.489 e. The maximum Gasteiger partial charge on any atom is 0.138 e. The van der Waals surface area contributed by atoms with Gasteiger partial charge in [0, 0.05) is 34.9 Å². The summed E-state index contributed by atoms with van der Waals surface area (Å²) in [5.74, 6) is 2.32. The number of rotatable bonds is 5. The number of fused-ring (bicyclic) bond motifs is 1. The van der Waals surface area contributed by atoms with Gasteiger partial charge in [0.05, 0.1) is 29.1 Å². The molecule has 2 unspecified atom stereocenters. The molecule has 184 valence electrons. The predicted octanol–water partition coefficient (Wildman–Crippen LogP) is 3.69. The van der Waals surface area contributed by atoms with Gasteiger partial charge in [0.25, 0.3) is 0 Å². The molecule has 3 N–H and O–H groups in total. The highest BCUT2D eigenvalue weighted by Crippen LogP contribution is 2.51. The van der Waals surface area contributed by atoms with E-state index in [2.05, 4.69) is 28.2 Å². The van der Waals surface area contributed by atoms with E-state index in [9.17, 15) is 10.4 Å². The van der Waals surface area contributed by atoms with Gasteiger partial charge in [-0.2, -0.15) is 10.4 Å². The van der Waals surface area contributed by atoms with Crippen LogP contribution in [0.1, 0.15) is 51.5 Å². The molecular weight excluding hydrogens is 464 g/mol. The van der Waals surface area contributed by atoms with E-state index >= 15 is 0 Å². The summed E-state index contributed by atoms with van der Waals surface area (Å²) < 4.78 is 7.50. The normalized spacial score (nSPS) is 27.1. The molecule has 2 aliphatic carbocycles. The molecule has 2 atom stereocenters. The van der Waals surface area contributed by atoms with Gasteiger partial charge in [-0.3, -0.25) is 0 Å². The number of nitrogens with zero attached hydrogens (tertiary/aromatic N) is 5. The first kappa shape index (κ1) is 23.9. The maximum atomic E-state index is 10.1. The number of hydrogen-bond donors (Lipinski definition) is 2. The lowest BCUT2D eigenvalue weighted by Gasteiger charge is -2.60. The Hall–Kier alpha value is -2.86. The van der Waals surface area contributed by atoms with E-state index < -0.39 is 5.60 Å². The molecule has 2 aliphatic heterocycles. The molecule has 4 aliphatic rings. The topological polar surface area (TPSA) is 113 Å². The van der Waals surface area contributed by atoms with E-state index in [0.717, 1.165) is 35.7 Å². The Morgan fingerprint density at radius 3 is 2.57 bits per heavy atom. The molecule has 3 aromatic rings. The van der Waals surface area contributed by atoms with Crippen molar-refractivity contribution in [2.24, 2.45) is 11.7 Å². The minimum absolute atomic E-state index is 0. The molecule has 5 heterocycles. The van der Waals surface area contributed by atoms with Gasteiger partial charge < -0.3 is 20.5 Å². The molecule has 2 saturated carbocycles. The molecule has 4 bridgehead atoms. The number of aromatic nitrogens is 3. The number of piperidine rings is 2. The van der Waals surface area contributed by atoms with Gasteiger partial charge in [0.1, 0.15) is 24.2 Å². The summed E-state index contributed by atoms with van der Waals surface area (Å²) in [6, 6.07) is 9.22. The van der Waals surface area contributed by atoms with Crippen molar-refractivity contribution in [3.8, 4) is 22.9 Å². The minimum atomic E-state index is -0.963. The lowest BCUT2D eigenvalue weighted by Crippen LogP contribution is -2.67. The summed E-state index contributed by atoms with van der Waals surface area (Å²) >= 11 is 0. The molecule has 8 nitrogen and oxygen atoms in total. The van der Waals surface area contributed by atoms with Gasteiger partial charge in [-0.15, -0.1) is 12.4 Å². The van der Waals surface area contributed by atoms with E-state index in [4.69, 9.17) is 15.5 Å². The van der Waals surface area contributed by atoms with Crippen molar-refractivity contribution >= 4 is 23.7 Å². The molecule has 0 radical (unpaired) electrons. The van der Waals surface area contributed by atoms with E-state index in [1.165, 1.54) is 19.3 Å². The first-order valence-electron chi connectivity index (χ1n) is 12.0. The first-order valence-corrected chi connectivity index (χ1v) is 12.0. The molecule has 0 amide bonds. The summed E-state index contributed by atoms with van der Waals surface area (Å²) in [5, 5.41) is 24.0. The number of anilines is 1. The predicted molar refractivity (Wildman–Crippen MR) is 136 cm³/mol. The summed E-state index contributed by atoms with van der Waals surface area (Å²) in [7, 11) is 0. The standard InChI is InChI=1S/C26H30N6O2.ClH/c1-25(2,33)15-34-21-7-22(24-18(11-27)13-30-31(24)14-21)17-3-4-23(29-12-17)32-19-5-16-6-20(32)10-26(28,8-16)9-19;/h3-4,7,12-14,16,19-20,33H,5-6,8-10,15,28H2,1-2H3;1H. The summed E-state index contributed by atoms with van der Waals surface area (Å²) in [5.41, 5.74) is 8.65. The van der Waals surface area contributed by atoms with Crippen LogP contribution in [-0.2, 0) is 0 Å². The van der Waals surface area contributed by atoms with Crippen LogP contribution < -0.4 is 15.4 Å². The fourth-order valence-electron chi connectivity index (χ4n) is 6.49. The van der Waals surface area contributed by atoms with Crippen molar-refractivity contribution in [3.63, 3.8) is 0 Å².